The predicted molar refractivity (Wildman–Crippen MR) is 46.6 cm³/mol. The zero-order valence-corrected chi connectivity index (χ0v) is 7.48. The molecule has 15 heavy (non-hydrogen) atoms. The van der Waals surface area contributed by atoms with E-state index < -0.39 is 17.7 Å². The Morgan fingerprint density at radius 3 is 2.47 bits per heavy atom. The molecule has 3 N–H and O–H groups in total. The van der Waals surface area contributed by atoms with Crippen molar-refractivity contribution in [2.45, 2.75) is 6.04 Å². The van der Waals surface area contributed by atoms with Crippen molar-refractivity contribution in [2.24, 2.45) is 5.73 Å². The number of benzene rings is 1. The van der Waals surface area contributed by atoms with Gasteiger partial charge >= 0.3 is 0 Å². The van der Waals surface area contributed by atoms with Gasteiger partial charge in [0.25, 0.3) is 0 Å². The summed E-state index contributed by atoms with van der Waals surface area (Å²) in [5, 5.41) is 12.6. The van der Waals surface area contributed by atoms with Crippen molar-refractivity contribution in [1.82, 2.24) is 20.6 Å². The topological polar surface area (TPSA) is 80.5 Å². The Hall–Kier alpha value is -1.89. The van der Waals surface area contributed by atoms with Crippen LogP contribution in [0, 0.1) is 11.6 Å². The maximum Gasteiger partial charge on any atom is 0.195 e. The fraction of sp³-hybridized carbons (Fsp3) is 0.125. The van der Waals surface area contributed by atoms with Gasteiger partial charge in [-0.1, -0.05) is 11.3 Å². The van der Waals surface area contributed by atoms with Crippen LogP contribution in [0.2, 0.25) is 0 Å². The van der Waals surface area contributed by atoms with Gasteiger partial charge in [0, 0.05) is 5.56 Å². The molecule has 7 heteroatoms. The molecule has 0 aliphatic heterocycles. The van der Waals surface area contributed by atoms with Crippen molar-refractivity contribution in [3.63, 3.8) is 0 Å². The molecule has 0 fully saturated rings. The molecule has 5 nitrogen and oxygen atoms in total. The first kappa shape index (κ1) is 9.66. The molecule has 1 unspecified atom stereocenters. The van der Waals surface area contributed by atoms with Crippen molar-refractivity contribution in [3.8, 4) is 0 Å². The Balaban J connectivity index is 2.46. The van der Waals surface area contributed by atoms with Gasteiger partial charge in [-0.05, 0) is 12.1 Å². The molecule has 78 valence electrons. The summed E-state index contributed by atoms with van der Waals surface area (Å²) in [7, 11) is 0. The lowest BCUT2D eigenvalue weighted by Gasteiger charge is -2.09. The Labute approximate surface area is 83.3 Å². The monoisotopic (exact) mass is 211 g/mol. The molecule has 0 spiro atoms. The Morgan fingerprint density at radius 2 is 1.93 bits per heavy atom. The molecule has 1 heterocycles. The van der Waals surface area contributed by atoms with Gasteiger partial charge in [-0.25, -0.2) is 8.78 Å². The second kappa shape index (κ2) is 3.70. The first-order chi connectivity index (χ1) is 7.20. The molecule has 0 bridgehead atoms. The zero-order chi connectivity index (χ0) is 10.8. The summed E-state index contributed by atoms with van der Waals surface area (Å²) in [5.74, 6) is -1.42. The number of rotatable bonds is 2. The summed E-state index contributed by atoms with van der Waals surface area (Å²) in [5.41, 5.74) is 5.33. The number of halogens is 2. The second-order valence-corrected chi connectivity index (χ2v) is 2.88. The predicted octanol–water partition coefficient (Wildman–Crippen LogP) is 0.526. The third kappa shape index (κ3) is 1.68. The van der Waals surface area contributed by atoms with Crippen LogP contribution < -0.4 is 5.73 Å². The van der Waals surface area contributed by atoms with E-state index in [4.69, 9.17) is 5.73 Å². The molecule has 0 aliphatic rings. The maximum atomic E-state index is 13.3. The molecule has 0 saturated carbocycles. The summed E-state index contributed by atoms with van der Waals surface area (Å²) in [4.78, 5) is 0. The minimum Gasteiger partial charge on any atom is -0.317 e. The van der Waals surface area contributed by atoms with Gasteiger partial charge in [0.1, 0.15) is 17.7 Å². The summed E-state index contributed by atoms with van der Waals surface area (Å²) in [6.07, 6.45) is 0. The van der Waals surface area contributed by atoms with Crippen LogP contribution in [0.5, 0.6) is 0 Å². The van der Waals surface area contributed by atoms with Crippen LogP contribution in [0.15, 0.2) is 18.2 Å². The first-order valence-electron chi connectivity index (χ1n) is 4.13. The number of nitrogens with zero attached hydrogens (tertiary/aromatic N) is 3. The number of aromatic amines is 1. The van der Waals surface area contributed by atoms with Crippen LogP contribution in [-0.4, -0.2) is 20.6 Å². The summed E-state index contributed by atoms with van der Waals surface area (Å²) >= 11 is 0. The van der Waals surface area contributed by atoms with Crippen molar-refractivity contribution in [3.05, 3.63) is 41.2 Å². The largest absolute Gasteiger partial charge is 0.317 e. The van der Waals surface area contributed by atoms with Crippen molar-refractivity contribution in [2.75, 3.05) is 0 Å². The summed E-state index contributed by atoms with van der Waals surface area (Å²) in [6, 6.07) is 2.44. The molecular formula is C8H7F2N5. The second-order valence-electron chi connectivity index (χ2n) is 2.88. The number of aromatic nitrogens is 4. The molecule has 0 amide bonds. The van der Waals surface area contributed by atoms with E-state index in [2.05, 4.69) is 20.6 Å². The van der Waals surface area contributed by atoms with Crippen LogP contribution >= 0.6 is 0 Å². The number of nitrogens with two attached hydrogens (primary N) is 1. The minimum absolute atomic E-state index is 0.0407. The molecule has 0 saturated heterocycles. The minimum atomic E-state index is -1.06. The molecule has 1 aromatic heterocycles. The zero-order valence-electron chi connectivity index (χ0n) is 7.48. The van der Waals surface area contributed by atoms with E-state index >= 15 is 0 Å². The smallest absolute Gasteiger partial charge is 0.195 e. The number of tetrazole rings is 1. The van der Waals surface area contributed by atoms with E-state index in [0.29, 0.717) is 0 Å². The van der Waals surface area contributed by atoms with E-state index in [0.717, 1.165) is 12.1 Å². The van der Waals surface area contributed by atoms with Crippen molar-refractivity contribution < 1.29 is 8.78 Å². The standard InChI is InChI=1S/C8H7F2N5/c9-4-2-1-3-5(10)6(4)7(11)8-12-14-15-13-8/h1-3,7H,11H2,(H,12,13,14,15). The van der Waals surface area contributed by atoms with E-state index in [-0.39, 0.29) is 11.4 Å². The van der Waals surface area contributed by atoms with Gasteiger partial charge in [0.2, 0.25) is 0 Å². The lowest BCUT2D eigenvalue weighted by atomic mass is 10.1. The molecule has 1 aromatic carbocycles. The average molecular weight is 211 g/mol. The summed E-state index contributed by atoms with van der Waals surface area (Å²) < 4.78 is 26.6. The van der Waals surface area contributed by atoms with Crippen LogP contribution in [0.1, 0.15) is 17.4 Å². The fourth-order valence-corrected chi connectivity index (χ4v) is 1.24. The van der Waals surface area contributed by atoms with Gasteiger partial charge in [0.05, 0.1) is 0 Å². The third-order valence-corrected chi connectivity index (χ3v) is 1.95. The van der Waals surface area contributed by atoms with E-state index in [1.165, 1.54) is 6.07 Å². The molecule has 2 rings (SSSR count). The SMILES string of the molecule is NC(c1nn[nH]n1)c1c(F)cccc1F. The van der Waals surface area contributed by atoms with Gasteiger partial charge in [-0.3, -0.25) is 0 Å². The molecular weight excluding hydrogens is 204 g/mol. The number of H-pyrrole nitrogens is 1. The van der Waals surface area contributed by atoms with Crippen molar-refractivity contribution in [1.29, 1.82) is 0 Å². The lowest BCUT2D eigenvalue weighted by molar-refractivity contribution is 0.537. The Kier molecular flexibility index (Phi) is 2.38. The maximum absolute atomic E-state index is 13.3. The van der Waals surface area contributed by atoms with Gasteiger partial charge in [-0.15, -0.1) is 10.2 Å². The lowest BCUT2D eigenvalue weighted by Crippen LogP contribution is -2.17. The summed E-state index contributed by atoms with van der Waals surface area (Å²) in [6.45, 7) is 0. The molecule has 0 aliphatic carbocycles. The number of hydrogen-bond acceptors (Lipinski definition) is 4. The average Bonchev–Trinajstić information content (AvgIpc) is 2.69. The van der Waals surface area contributed by atoms with Crippen LogP contribution in [0.25, 0.3) is 0 Å². The highest BCUT2D eigenvalue weighted by atomic mass is 19.1. The first-order valence-corrected chi connectivity index (χ1v) is 4.13. The number of nitrogens with one attached hydrogen (secondary N) is 1. The normalized spacial score (nSPS) is 12.7. The third-order valence-electron chi connectivity index (χ3n) is 1.95. The number of hydrogen-bond donors (Lipinski definition) is 2. The highest BCUT2D eigenvalue weighted by Crippen LogP contribution is 2.21. The van der Waals surface area contributed by atoms with E-state index in [9.17, 15) is 8.78 Å². The van der Waals surface area contributed by atoms with E-state index in [1.54, 1.807) is 0 Å². The molecule has 0 radical (unpaired) electrons. The van der Waals surface area contributed by atoms with Gasteiger partial charge < -0.3 is 5.73 Å². The van der Waals surface area contributed by atoms with Crippen molar-refractivity contribution >= 4 is 0 Å². The highest BCUT2D eigenvalue weighted by Gasteiger charge is 2.21. The van der Waals surface area contributed by atoms with Crippen LogP contribution in [-0.2, 0) is 0 Å². The highest BCUT2D eigenvalue weighted by molar-refractivity contribution is 5.26. The fourth-order valence-electron chi connectivity index (χ4n) is 1.24. The Morgan fingerprint density at radius 1 is 1.27 bits per heavy atom. The van der Waals surface area contributed by atoms with Gasteiger partial charge in [0.15, 0.2) is 5.82 Å². The Bertz CT molecular complexity index is 436. The molecule has 1 atom stereocenters. The van der Waals surface area contributed by atoms with Crippen LogP contribution in [0.4, 0.5) is 8.78 Å². The molecule has 2 aromatic rings. The van der Waals surface area contributed by atoms with E-state index in [1.807, 2.05) is 0 Å². The van der Waals surface area contributed by atoms with Crippen LogP contribution in [0.3, 0.4) is 0 Å². The van der Waals surface area contributed by atoms with Gasteiger partial charge in [-0.2, -0.15) is 5.21 Å². The quantitative estimate of drug-likeness (QED) is 0.759.